The molecule has 0 bridgehead atoms. The van der Waals surface area contributed by atoms with Crippen LogP contribution >= 0.6 is 0 Å². The Morgan fingerprint density at radius 3 is 3.10 bits per heavy atom. The average molecular weight is 272 g/mol. The van der Waals surface area contributed by atoms with Gasteiger partial charge in [-0.3, -0.25) is 9.59 Å². The van der Waals surface area contributed by atoms with Gasteiger partial charge in [-0.05, 0) is 12.1 Å². The normalized spacial score (nSPS) is 17.8. The van der Waals surface area contributed by atoms with Gasteiger partial charge in [0, 0.05) is 19.2 Å². The van der Waals surface area contributed by atoms with Crippen LogP contribution in [0.5, 0.6) is 0 Å². The highest BCUT2D eigenvalue weighted by Crippen LogP contribution is 2.18. The molecule has 1 fully saturated rings. The van der Waals surface area contributed by atoms with Gasteiger partial charge in [-0.1, -0.05) is 0 Å². The van der Waals surface area contributed by atoms with Gasteiger partial charge in [-0.2, -0.15) is 5.10 Å². The molecule has 0 spiro atoms. The number of carbonyl (C=O) groups is 2. The average Bonchev–Trinajstić information content (AvgIpc) is 3.10. The molecule has 0 aliphatic carbocycles. The first-order chi connectivity index (χ1) is 9.74. The summed E-state index contributed by atoms with van der Waals surface area (Å²) in [6.45, 7) is 0.365. The number of hydrogen-bond acceptors (Lipinski definition) is 5. The summed E-state index contributed by atoms with van der Waals surface area (Å²) in [7, 11) is 0. The van der Waals surface area contributed by atoms with Crippen molar-refractivity contribution >= 4 is 17.5 Å². The van der Waals surface area contributed by atoms with E-state index in [0.717, 1.165) is 0 Å². The Labute approximate surface area is 114 Å². The zero-order valence-electron chi connectivity index (χ0n) is 10.5. The summed E-state index contributed by atoms with van der Waals surface area (Å²) in [6, 6.07) is 3.44. The van der Waals surface area contributed by atoms with Gasteiger partial charge >= 0.3 is 0 Å². The molecule has 8 nitrogen and oxygen atoms in total. The van der Waals surface area contributed by atoms with Crippen molar-refractivity contribution in [2.24, 2.45) is 5.92 Å². The Morgan fingerprint density at radius 2 is 2.40 bits per heavy atom. The summed E-state index contributed by atoms with van der Waals surface area (Å²) >= 11 is 0. The third kappa shape index (κ3) is 2.35. The van der Waals surface area contributed by atoms with Crippen molar-refractivity contribution < 1.29 is 9.59 Å². The lowest BCUT2D eigenvalue weighted by Crippen LogP contribution is -2.25. The zero-order chi connectivity index (χ0) is 13.9. The van der Waals surface area contributed by atoms with Crippen LogP contribution in [-0.2, 0) is 9.59 Å². The van der Waals surface area contributed by atoms with E-state index in [2.05, 4.69) is 25.7 Å². The molecule has 1 unspecified atom stereocenters. The number of nitrogens with one attached hydrogen (secondary N) is 2. The van der Waals surface area contributed by atoms with Gasteiger partial charge in [0.05, 0.1) is 11.6 Å². The van der Waals surface area contributed by atoms with E-state index in [-0.39, 0.29) is 24.2 Å². The second kappa shape index (κ2) is 5.08. The fraction of sp³-hybridized carbons (Fsp3) is 0.250. The first-order valence-electron chi connectivity index (χ1n) is 6.11. The van der Waals surface area contributed by atoms with Crippen molar-refractivity contribution in [3.63, 3.8) is 0 Å². The minimum atomic E-state index is -0.355. The van der Waals surface area contributed by atoms with Crippen LogP contribution in [0.1, 0.15) is 6.42 Å². The number of carbonyl (C=O) groups excluding carboxylic acids is 2. The fourth-order valence-electron chi connectivity index (χ4n) is 2.02. The monoisotopic (exact) mass is 272 g/mol. The molecule has 0 radical (unpaired) electrons. The fourth-order valence-corrected chi connectivity index (χ4v) is 2.02. The van der Waals surface area contributed by atoms with Gasteiger partial charge in [0.25, 0.3) is 0 Å². The van der Waals surface area contributed by atoms with Gasteiger partial charge in [0.2, 0.25) is 11.8 Å². The van der Waals surface area contributed by atoms with Crippen LogP contribution in [-0.4, -0.2) is 38.1 Å². The van der Waals surface area contributed by atoms with Gasteiger partial charge < -0.3 is 10.6 Å². The van der Waals surface area contributed by atoms with Crippen molar-refractivity contribution in [3.05, 3.63) is 31.0 Å². The van der Waals surface area contributed by atoms with Crippen LogP contribution in [0.4, 0.5) is 5.69 Å². The Morgan fingerprint density at radius 1 is 1.50 bits per heavy atom. The number of hydrogen-bond donors (Lipinski definition) is 2. The molecule has 3 rings (SSSR count). The molecule has 102 valence electrons. The molecule has 1 aliphatic heterocycles. The second-order valence-electron chi connectivity index (χ2n) is 4.41. The van der Waals surface area contributed by atoms with Crippen molar-refractivity contribution in [2.45, 2.75) is 6.42 Å². The molecular weight excluding hydrogens is 260 g/mol. The first-order valence-corrected chi connectivity index (χ1v) is 6.11. The minimum Gasteiger partial charge on any atom is -0.355 e. The van der Waals surface area contributed by atoms with E-state index in [9.17, 15) is 9.59 Å². The maximum absolute atomic E-state index is 12.1. The molecule has 8 heteroatoms. The molecule has 1 saturated heterocycles. The summed E-state index contributed by atoms with van der Waals surface area (Å²) in [4.78, 5) is 31.3. The number of rotatable bonds is 3. The number of amides is 2. The Balaban J connectivity index is 1.81. The van der Waals surface area contributed by atoms with E-state index >= 15 is 0 Å². The molecule has 2 amide bonds. The summed E-state index contributed by atoms with van der Waals surface area (Å²) in [5.41, 5.74) is 0.530. The molecule has 3 heterocycles. The molecule has 2 N–H and O–H groups in total. The Kier molecular flexibility index (Phi) is 3.12. The lowest BCUT2D eigenvalue weighted by Gasteiger charge is -2.11. The molecule has 0 saturated carbocycles. The van der Waals surface area contributed by atoms with Crippen LogP contribution in [0.15, 0.2) is 31.0 Å². The molecule has 2 aromatic rings. The molecule has 1 aliphatic rings. The maximum Gasteiger partial charge on any atom is 0.229 e. The number of aromatic nitrogens is 4. The van der Waals surface area contributed by atoms with Gasteiger partial charge in [-0.15, -0.1) is 0 Å². The largest absolute Gasteiger partial charge is 0.355 e. The third-order valence-electron chi connectivity index (χ3n) is 3.03. The SMILES string of the molecule is O=C1CC(C(=O)Nc2cccnc2-n2cncn2)CN1. The lowest BCUT2D eigenvalue weighted by atomic mass is 10.1. The Hall–Kier alpha value is -2.77. The van der Waals surface area contributed by atoms with Crippen LogP contribution in [0.2, 0.25) is 0 Å². The highest BCUT2D eigenvalue weighted by molar-refractivity contribution is 5.98. The number of pyridine rings is 1. The zero-order valence-corrected chi connectivity index (χ0v) is 10.5. The maximum atomic E-state index is 12.1. The predicted molar refractivity (Wildman–Crippen MR) is 68.9 cm³/mol. The summed E-state index contributed by atoms with van der Waals surface area (Å²) in [5.74, 6) is -0.188. The van der Waals surface area contributed by atoms with Crippen molar-refractivity contribution in [2.75, 3.05) is 11.9 Å². The second-order valence-corrected chi connectivity index (χ2v) is 4.41. The van der Waals surface area contributed by atoms with Crippen LogP contribution in [0.3, 0.4) is 0 Å². The predicted octanol–water partition coefficient (Wildman–Crippen LogP) is -0.263. The summed E-state index contributed by atoms with van der Waals surface area (Å²) in [5, 5.41) is 9.40. The van der Waals surface area contributed by atoms with Crippen molar-refractivity contribution in [1.29, 1.82) is 0 Å². The molecule has 0 aromatic carbocycles. The number of anilines is 1. The standard InChI is InChI=1S/C12H12N6O2/c19-10-4-8(5-15-10)12(20)17-9-2-1-3-14-11(9)18-7-13-6-16-18/h1-3,6-8H,4-5H2,(H,15,19)(H,17,20). The molecule has 1 atom stereocenters. The van der Waals surface area contributed by atoms with Gasteiger partial charge in [0.1, 0.15) is 12.7 Å². The van der Waals surface area contributed by atoms with Crippen LogP contribution < -0.4 is 10.6 Å². The molecule has 2 aromatic heterocycles. The topological polar surface area (TPSA) is 102 Å². The highest BCUT2D eigenvalue weighted by Gasteiger charge is 2.28. The highest BCUT2D eigenvalue weighted by atomic mass is 16.2. The first kappa shape index (κ1) is 12.3. The van der Waals surface area contributed by atoms with E-state index < -0.39 is 0 Å². The quantitative estimate of drug-likeness (QED) is 0.801. The molecular formula is C12H12N6O2. The van der Waals surface area contributed by atoms with E-state index in [0.29, 0.717) is 18.1 Å². The summed E-state index contributed by atoms with van der Waals surface area (Å²) in [6.07, 6.45) is 4.70. The number of nitrogens with zero attached hydrogens (tertiary/aromatic N) is 4. The van der Waals surface area contributed by atoms with Crippen molar-refractivity contribution in [3.8, 4) is 5.82 Å². The lowest BCUT2D eigenvalue weighted by molar-refractivity contribution is -0.123. The summed E-state index contributed by atoms with van der Waals surface area (Å²) < 4.78 is 1.47. The van der Waals surface area contributed by atoms with E-state index in [4.69, 9.17) is 0 Å². The third-order valence-corrected chi connectivity index (χ3v) is 3.03. The Bertz CT molecular complexity index is 639. The van der Waals surface area contributed by atoms with E-state index in [1.54, 1.807) is 18.3 Å². The van der Waals surface area contributed by atoms with Gasteiger partial charge in [0.15, 0.2) is 5.82 Å². The van der Waals surface area contributed by atoms with E-state index in [1.807, 2.05) is 0 Å². The van der Waals surface area contributed by atoms with Crippen LogP contribution in [0, 0.1) is 5.92 Å². The van der Waals surface area contributed by atoms with Gasteiger partial charge in [-0.25, -0.2) is 14.6 Å². The van der Waals surface area contributed by atoms with E-state index in [1.165, 1.54) is 17.3 Å². The molecule has 20 heavy (non-hydrogen) atoms. The van der Waals surface area contributed by atoms with Crippen LogP contribution in [0.25, 0.3) is 5.82 Å². The van der Waals surface area contributed by atoms with Crippen molar-refractivity contribution in [1.82, 2.24) is 25.1 Å². The smallest absolute Gasteiger partial charge is 0.229 e. The minimum absolute atomic E-state index is 0.104.